The Morgan fingerprint density at radius 3 is 2.56 bits per heavy atom. The molecule has 0 saturated carbocycles. The summed E-state index contributed by atoms with van der Waals surface area (Å²) < 4.78 is 0. The number of rotatable bonds is 3. The molecule has 27 heavy (non-hydrogen) atoms. The van der Waals surface area contributed by atoms with E-state index in [-0.39, 0.29) is 0 Å². The number of pyridine rings is 1. The smallest absolute Gasteiger partial charge is 0.150 e. The van der Waals surface area contributed by atoms with Crippen LogP contribution in [-0.4, -0.2) is 41.1 Å². The van der Waals surface area contributed by atoms with Gasteiger partial charge in [0.25, 0.3) is 0 Å². The van der Waals surface area contributed by atoms with E-state index in [1.807, 2.05) is 12.4 Å². The summed E-state index contributed by atoms with van der Waals surface area (Å²) in [5.41, 5.74) is 3.50. The van der Waals surface area contributed by atoms with Crippen molar-refractivity contribution in [1.82, 2.24) is 15.0 Å². The van der Waals surface area contributed by atoms with Crippen molar-refractivity contribution < 1.29 is 0 Å². The second kappa shape index (κ2) is 6.80. The van der Waals surface area contributed by atoms with Gasteiger partial charge >= 0.3 is 0 Å². The molecule has 0 N–H and O–H groups in total. The van der Waals surface area contributed by atoms with Crippen molar-refractivity contribution in [2.75, 3.05) is 36.0 Å². The van der Waals surface area contributed by atoms with E-state index in [2.05, 4.69) is 52.0 Å². The van der Waals surface area contributed by atoms with Crippen LogP contribution in [0.1, 0.15) is 36.4 Å². The SMILES string of the molecule is Cc1ccc2nc(N3CC(c4nccnc4N4CCCCC4)C3)ccc2c1. The van der Waals surface area contributed by atoms with Crippen LogP contribution in [-0.2, 0) is 0 Å². The number of aromatic nitrogens is 3. The summed E-state index contributed by atoms with van der Waals surface area (Å²) in [4.78, 5) is 19.0. The van der Waals surface area contributed by atoms with Gasteiger partial charge in [0.1, 0.15) is 5.82 Å². The topological polar surface area (TPSA) is 45.2 Å². The molecule has 2 aliphatic heterocycles. The van der Waals surface area contributed by atoms with E-state index >= 15 is 0 Å². The molecule has 4 heterocycles. The Morgan fingerprint density at radius 1 is 0.889 bits per heavy atom. The standard InChI is InChI=1S/C22H25N5/c1-16-5-7-19-17(13-16)6-8-20(25-19)27-14-18(15-27)21-22(24-10-9-23-21)26-11-3-2-4-12-26/h5-10,13,18H,2-4,11-12,14-15H2,1H3. The van der Waals surface area contributed by atoms with E-state index in [9.17, 15) is 0 Å². The average Bonchev–Trinajstić information content (AvgIpc) is 2.68. The number of hydrogen-bond acceptors (Lipinski definition) is 5. The third kappa shape index (κ3) is 3.11. The summed E-state index contributed by atoms with van der Waals surface area (Å²) in [6.45, 7) is 6.25. The number of anilines is 2. The van der Waals surface area contributed by atoms with Crippen molar-refractivity contribution in [3.63, 3.8) is 0 Å². The van der Waals surface area contributed by atoms with Crippen molar-refractivity contribution in [2.45, 2.75) is 32.1 Å². The van der Waals surface area contributed by atoms with Crippen LogP contribution in [0.5, 0.6) is 0 Å². The minimum absolute atomic E-state index is 0.436. The van der Waals surface area contributed by atoms with Crippen molar-refractivity contribution in [3.05, 3.63) is 54.0 Å². The number of nitrogens with zero attached hydrogens (tertiary/aromatic N) is 5. The van der Waals surface area contributed by atoms with Crippen molar-refractivity contribution >= 4 is 22.5 Å². The first-order valence-corrected chi connectivity index (χ1v) is 9.96. The molecule has 2 fully saturated rings. The van der Waals surface area contributed by atoms with Gasteiger partial charge in [0.15, 0.2) is 5.82 Å². The van der Waals surface area contributed by atoms with E-state index in [0.29, 0.717) is 5.92 Å². The minimum Gasteiger partial charge on any atom is -0.355 e. The second-order valence-electron chi connectivity index (χ2n) is 7.78. The number of piperidine rings is 1. The lowest BCUT2D eigenvalue weighted by Gasteiger charge is -2.41. The fourth-order valence-corrected chi connectivity index (χ4v) is 4.23. The maximum atomic E-state index is 4.86. The third-order valence-electron chi connectivity index (χ3n) is 5.78. The van der Waals surface area contributed by atoms with Crippen LogP contribution in [0, 0.1) is 6.92 Å². The van der Waals surface area contributed by atoms with Gasteiger partial charge < -0.3 is 9.80 Å². The minimum atomic E-state index is 0.436. The highest BCUT2D eigenvalue weighted by Crippen LogP contribution is 2.34. The molecule has 0 amide bonds. The van der Waals surface area contributed by atoms with Gasteiger partial charge in [-0.1, -0.05) is 11.6 Å². The van der Waals surface area contributed by atoms with Crippen molar-refractivity contribution in [2.24, 2.45) is 0 Å². The Balaban J connectivity index is 1.34. The number of aryl methyl sites for hydroxylation is 1. The summed E-state index contributed by atoms with van der Waals surface area (Å²) in [6.07, 6.45) is 7.51. The molecule has 0 unspecified atom stereocenters. The first-order chi connectivity index (χ1) is 13.3. The highest BCUT2D eigenvalue weighted by Gasteiger charge is 2.33. The molecule has 2 aromatic heterocycles. The van der Waals surface area contributed by atoms with Crippen molar-refractivity contribution in [3.8, 4) is 0 Å². The molecule has 2 saturated heterocycles. The molecule has 0 atom stereocenters. The summed E-state index contributed by atoms with van der Waals surface area (Å²) in [5, 5.41) is 1.21. The molecule has 2 aliphatic rings. The fraction of sp³-hybridized carbons (Fsp3) is 0.409. The second-order valence-corrected chi connectivity index (χ2v) is 7.78. The third-order valence-corrected chi connectivity index (χ3v) is 5.78. The number of benzene rings is 1. The van der Waals surface area contributed by atoms with Gasteiger partial charge in [0.2, 0.25) is 0 Å². The van der Waals surface area contributed by atoms with E-state index in [0.717, 1.165) is 49.0 Å². The van der Waals surface area contributed by atoms with Crippen LogP contribution in [0.4, 0.5) is 11.6 Å². The maximum Gasteiger partial charge on any atom is 0.150 e. The van der Waals surface area contributed by atoms with Crippen LogP contribution in [0.3, 0.4) is 0 Å². The van der Waals surface area contributed by atoms with Crippen LogP contribution in [0.25, 0.3) is 10.9 Å². The zero-order valence-corrected chi connectivity index (χ0v) is 15.8. The van der Waals surface area contributed by atoms with Gasteiger partial charge in [-0.05, 0) is 50.5 Å². The highest BCUT2D eigenvalue weighted by atomic mass is 15.3. The Morgan fingerprint density at radius 2 is 1.70 bits per heavy atom. The lowest BCUT2D eigenvalue weighted by atomic mass is 9.95. The first kappa shape index (κ1) is 16.5. The van der Waals surface area contributed by atoms with Crippen LogP contribution in [0.15, 0.2) is 42.7 Å². The largest absolute Gasteiger partial charge is 0.355 e. The van der Waals surface area contributed by atoms with Gasteiger partial charge in [-0.2, -0.15) is 0 Å². The molecule has 5 nitrogen and oxygen atoms in total. The molecule has 3 aromatic rings. The molecule has 138 valence electrons. The lowest BCUT2D eigenvalue weighted by Crippen LogP contribution is -2.46. The molecule has 0 radical (unpaired) electrons. The predicted octanol–water partition coefficient (Wildman–Crippen LogP) is 3.93. The van der Waals surface area contributed by atoms with Gasteiger partial charge in [0.05, 0.1) is 11.2 Å². The van der Waals surface area contributed by atoms with E-state index in [4.69, 9.17) is 9.97 Å². The molecular weight excluding hydrogens is 334 g/mol. The molecule has 0 spiro atoms. The van der Waals surface area contributed by atoms with Gasteiger partial charge in [-0.3, -0.25) is 4.98 Å². The Bertz CT molecular complexity index is 958. The Kier molecular flexibility index (Phi) is 4.15. The van der Waals surface area contributed by atoms with Crippen LogP contribution >= 0.6 is 0 Å². The summed E-state index contributed by atoms with van der Waals surface area (Å²) >= 11 is 0. The molecule has 0 bridgehead atoms. The molecule has 1 aromatic carbocycles. The predicted molar refractivity (Wildman–Crippen MR) is 110 cm³/mol. The Hall–Kier alpha value is -2.69. The lowest BCUT2D eigenvalue weighted by molar-refractivity contribution is 0.501. The van der Waals surface area contributed by atoms with E-state index in [1.165, 1.54) is 30.2 Å². The van der Waals surface area contributed by atoms with Gasteiger partial charge in [0, 0.05) is 49.9 Å². The molecule has 5 rings (SSSR count). The number of hydrogen-bond donors (Lipinski definition) is 0. The molecule has 5 heteroatoms. The van der Waals surface area contributed by atoms with Crippen molar-refractivity contribution in [1.29, 1.82) is 0 Å². The van der Waals surface area contributed by atoms with Crippen LogP contribution < -0.4 is 9.80 Å². The van der Waals surface area contributed by atoms with Crippen LogP contribution in [0.2, 0.25) is 0 Å². The number of fused-ring (bicyclic) bond motifs is 1. The van der Waals surface area contributed by atoms with Gasteiger partial charge in [-0.25, -0.2) is 9.97 Å². The molecule has 0 aliphatic carbocycles. The monoisotopic (exact) mass is 359 g/mol. The first-order valence-electron chi connectivity index (χ1n) is 9.96. The Labute approximate surface area is 160 Å². The average molecular weight is 359 g/mol. The fourth-order valence-electron chi connectivity index (χ4n) is 4.23. The van der Waals surface area contributed by atoms with E-state index in [1.54, 1.807) is 0 Å². The summed E-state index contributed by atoms with van der Waals surface area (Å²) in [7, 11) is 0. The highest BCUT2D eigenvalue weighted by molar-refractivity contribution is 5.81. The van der Waals surface area contributed by atoms with E-state index < -0.39 is 0 Å². The maximum absolute atomic E-state index is 4.86. The summed E-state index contributed by atoms with van der Waals surface area (Å²) in [6, 6.07) is 10.8. The summed E-state index contributed by atoms with van der Waals surface area (Å²) in [5.74, 6) is 2.60. The quantitative estimate of drug-likeness (QED) is 0.709. The zero-order chi connectivity index (χ0) is 18.2. The zero-order valence-electron chi connectivity index (χ0n) is 15.8. The van der Waals surface area contributed by atoms with Gasteiger partial charge in [-0.15, -0.1) is 0 Å². The normalized spacial score (nSPS) is 18.0. The molecular formula is C22H25N5.